The van der Waals surface area contributed by atoms with Crippen LogP contribution in [0.1, 0.15) is 5.01 Å². The molecule has 0 bridgehead atoms. The lowest BCUT2D eigenvalue weighted by molar-refractivity contribution is 0.277. The van der Waals surface area contributed by atoms with Crippen molar-refractivity contribution in [3.8, 4) is 0 Å². The van der Waals surface area contributed by atoms with Gasteiger partial charge < -0.3 is 4.74 Å². The lowest BCUT2D eigenvalue weighted by Gasteiger charge is -1.65. The standard InChI is InChI=1S/C4H5NS.C2H6O/c1-4-5-2-3-6-4;1-3-2/h2-3H,1H3;1-2H3. The highest BCUT2D eigenvalue weighted by Gasteiger charge is 1.76. The zero-order chi connectivity index (χ0) is 7.11. The first-order chi connectivity index (χ1) is 4.31. The topological polar surface area (TPSA) is 22.1 Å². The highest BCUT2D eigenvalue weighted by atomic mass is 32.1. The maximum absolute atomic E-state index is 4.25. The van der Waals surface area contributed by atoms with Gasteiger partial charge in [-0.2, -0.15) is 0 Å². The van der Waals surface area contributed by atoms with E-state index in [4.69, 9.17) is 0 Å². The number of aromatic nitrogens is 1. The zero-order valence-electron chi connectivity index (χ0n) is 5.92. The van der Waals surface area contributed by atoms with Gasteiger partial charge in [-0.3, -0.25) is 4.98 Å². The number of ether oxygens (including phenoxy) is 1. The fourth-order valence-electron chi connectivity index (χ4n) is 0.295. The van der Waals surface area contributed by atoms with Gasteiger partial charge >= 0.3 is 0 Å². The molecule has 0 saturated heterocycles. The normalized spacial score (nSPS) is 7.89. The molecule has 0 aliphatic rings. The Balaban J connectivity index is 0.000000187. The van der Waals surface area contributed by atoms with Gasteiger partial charge in [-0.15, -0.1) is 11.3 Å². The van der Waals surface area contributed by atoms with Crippen LogP contribution >= 0.6 is 11.3 Å². The fraction of sp³-hybridized carbons (Fsp3) is 0.500. The van der Waals surface area contributed by atoms with E-state index in [9.17, 15) is 0 Å². The van der Waals surface area contributed by atoms with Gasteiger partial charge in [-0.25, -0.2) is 0 Å². The number of hydrogen-bond donors (Lipinski definition) is 0. The third-order valence-electron chi connectivity index (χ3n) is 0.556. The summed E-state index contributed by atoms with van der Waals surface area (Å²) in [5, 5.41) is 3.10. The van der Waals surface area contributed by atoms with Gasteiger partial charge in [0.25, 0.3) is 0 Å². The zero-order valence-corrected chi connectivity index (χ0v) is 6.73. The Morgan fingerprint density at radius 1 is 1.56 bits per heavy atom. The predicted molar refractivity (Wildman–Crippen MR) is 39.8 cm³/mol. The van der Waals surface area contributed by atoms with Crippen LogP contribution in [0.25, 0.3) is 0 Å². The Morgan fingerprint density at radius 3 is 2.22 bits per heavy atom. The molecule has 3 heteroatoms. The summed E-state index contributed by atoms with van der Waals surface area (Å²) in [5.74, 6) is 0. The number of nitrogens with zero attached hydrogens (tertiary/aromatic N) is 1. The number of aryl methyl sites for hydroxylation is 1. The average molecular weight is 145 g/mol. The molecule has 1 heterocycles. The number of thiazole rings is 1. The van der Waals surface area contributed by atoms with Gasteiger partial charge in [0.2, 0.25) is 0 Å². The molecule has 0 radical (unpaired) electrons. The van der Waals surface area contributed by atoms with Crippen molar-refractivity contribution in [2.75, 3.05) is 14.2 Å². The molecule has 0 atom stereocenters. The second-order valence-corrected chi connectivity index (χ2v) is 2.56. The lowest BCUT2D eigenvalue weighted by Crippen LogP contribution is -1.56. The summed E-state index contributed by atoms with van der Waals surface area (Å²) >= 11 is 1.67. The number of methoxy groups -OCH3 is 1. The van der Waals surface area contributed by atoms with E-state index in [1.54, 1.807) is 31.8 Å². The minimum Gasteiger partial charge on any atom is -0.388 e. The van der Waals surface area contributed by atoms with Crippen molar-refractivity contribution in [3.05, 3.63) is 16.6 Å². The molecule has 1 aromatic heterocycles. The van der Waals surface area contributed by atoms with Crippen molar-refractivity contribution >= 4 is 11.3 Å². The molecule has 0 fully saturated rings. The molecule has 0 spiro atoms. The van der Waals surface area contributed by atoms with Crippen LogP contribution in [0.5, 0.6) is 0 Å². The Kier molecular flexibility index (Phi) is 5.46. The molecule has 1 rings (SSSR count). The fourth-order valence-corrected chi connectivity index (χ4v) is 0.735. The maximum atomic E-state index is 4.25. The summed E-state index contributed by atoms with van der Waals surface area (Å²) in [6, 6.07) is 0. The van der Waals surface area contributed by atoms with Crippen molar-refractivity contribution in [2.45, 2.75) is 6.92 Å². The SMILES string of the molecule is COC.Cc1nccs1. The summed E-state index contributed by atoms with van der Waals surface area (Å²) in [7, 11) is 3.25. The van der Waals surface area contributed by atoms with Crippen molar-refractivity contribution in [1.29, 1.82) is 0 Å². The van der Waals surface area contributed by atoms with E-state index in [2.05, 4.69) is 9.72 Å². The molecular weight excluding hydrogens is 134 g/mol. The van der Waals surface area contributed by atoms with Crippen molar-refractivity contribution in [3.63, 3.8) is 0 Å². The monoisotopic (exact) mass is 145 g/mol. The molecule has 0 N–H and O–H groups in total. The molecule has 0 amide bonds. The number of rotatable bonds is 0. The minimum absolute atomic E-state index is 1.13. The van der Waals surface area contributed by atoms with Crippen LogP contribution in [0.2, 0.25) is 0 Å². The van der Waals surface area contributed by atoms with Gasteiger partial charge in [0.1, 0.15) is 0 Å². The minimum atomic E-state index is 1.13. The van der Waals surface area contributed by atoms with Crippen molar-refractivity contribution in [2.24, 2.45) is 0 Å². The quantitative estimate of drug-likeness (QED) is 0.554. The van der Waals surface area contributed by atoms with E-state index in [-0.39, 0.29) is 0 Å². The van der Waals surface area contributed by atoms with Gasteiger partial charge in [0.15, 0.2) is 0 Å². The van der Waals surface area contributed by atoms with E-state index in [1.807, 2.05) is 12.3 Å². The van der Waals surface area contributed by atoms with Crippen molar-refractivity contribution < 1.29 is 4.74 Å². The Morgan fingerprint density at radius 2 is 2.11 bits per heavy atom. The van der Waals surface area contributed by atoms with Crippen LogP contribution in [-0.4, -0.2) is 19.2 Å². The summed E-state index contributed by atoms with van der Waals surface area (Å²) in [5.41, 5.74) is 0. The molecule has 0 unspecified atom stereocenters. The van der Waals surface area contributed by atoms with Crippen LogP contribution < -0.4 is 0 Å². The largest absolute Gasteiger partial charge is 0.388 e. The summed E-state index contributed by atoms with van der Waals surface area (Å²) in [6.07, 6.45) is 1.81. The average Bonchev–Trinajstić information content (AvgIpc) is 2.20. The highest BCUT2D eigenvalue weighted by molar-refractivity contribution is 7.09. The van der Waals surface area contributed by atoms with Gasteiger partial charge in [0, 0.05) is 25.8 Å². The summed E-state index contributed by atoms with van der Waals surface area (Å²) in [4.78, 5) is 3.94. The molecule has 1 aromatic rings. The lowest BCUT2D eigenvalue weighted by atomic mass is 10.8. The van der Waals surface area contributed by atoms with Gasteiger partial charge in [0.05, 0.1) is 5.01 Å². The van der Waals surface area contributed by atoms with Crippen LogP contribution in [0.4, 0.5) is 0 Å². The molecule has 0 aliphatic carbocycles. The first-order valence-corrected chi connectivity index (χ1v) is 3.45. The highest BCUT2D eigenvalue weighted by Crippen LogP contribution is 1.98. The molecular formula is C6H11NOS. The Hall–Kier alpha value is -0.410. The third kappa shape index (κ3) is 5.46. The van der Waals surface area contributed by atoms with E-state index in [1.165, 1.54) is 0 Å². The molecule has 9 heavy (non-hydrogen) atoms. The number of hydrogen-bond acceptors (Lipinski definition) is 3. The third-order valence-corrected chi connectivity index (χ3v) is 1.26. The van der Waals surface area contributed by atoms with E-state index < -0.39 is 0 Å². The van der Waals surface area contributed by atoms with E-state index >= 15 is 0 Å². The maximum Gasteiger partial charge on any atom is 0.0893 e. The second-order valence-electron chi connectivity index (χ2n) is 1.46. The van der Waals surface area contributed by atoms with Crippen LogP contribution in [-0.2, 0) is 4.74 Å². The second kappa shape index (κ2) is 5.72. The smallest absolute Gasteiger partial charge is 0.0893 e. The molecule has 0 aromatic carbocycles. The van der Waals surface area contributed by atoms with Crippen LogP contribution in [0.3, 0.4) is 0 Å². The first-order valence-electron chi connectivity index (χ1n) is 2.57. The summed E-state index contributed by atoms with van der Waals surface area (Å²) in [6.45, 7) is 1.99. The van der Waals surface area contributed by atoms with E-state index in [0.29, 0.717) is 0 Å². The molecule has 52 valence electrons. The Labute approximate surface area is 59.5 Å². The Bertz CT molecular complexity index is 128. The molecule has 2 nitrogen and oxygen atoms in total. The van der Waals surface area contributed by atoms with Gasteiger partial charge in [-0.1, -0.05) is 0 Å². The predicted octanol–water partition coefficient (Wildman–Crippen LogP) is 1.71. The molecule has 0 saturated carbocycles. The molecule has 0 aliphatic heterocycles. The van der Waals surface area contributed by atoms with E-state index in [0.717, 1.165) is 5.01 Å². The van der Waals surface area contributed by atoms with Gasteiger partial charge in [-0.05, 0) is 6.92 Å². The first kappa shape index (κ1) is 8.59. The van der Waals surface area contributed by atoms with Crippen LogP contribution in [0, 0.1) is 6.92 Å². The van der Waals surface area contributed by atoms with Crippen molar-refractivity contribution in [1.82, 2.24) is 4.98 Å². The van der Waals surface area contributed by atoms with Crippen LogP contribution in [0.15, 0.2) is 11.6 Å². The summed E-state index contributed by atoms with van der Waals surface area (Å²) < 4.78 is 4.25.